The van der Waals surface area contributed by atoms with Gasteiger partial charge in [-0.2, -0.15) is 0 Å². The van der Waals surface area contributed by atoms with Crippen molar-refractivity contribution < 1.29 is 9.53 Å². The quantitative estimate of drug-likeness (QED) is 0.775. The van der Waals surface area contributed by atoms with Gasteiger partial charge in [-0.3, -0.25) is 4.79 Å². The first-order valence-corrected chi connectivity index (χ1v) is 7.72. The van der Waals surface area contributed by atoms with E-state index in [1.165, 1.54) is 12.5 Å². The predicted molar refractivity (Wildman–Crippen MR) is 92.3 cm³/mol. The summed E-state index contributed by atoms with van der Waals surface area (Å²) in [7, 11) is 1.53. The normalized spacial score (nSPS) is 10.7. The first-order valence-electron chi connectivity index (χ1n) is 7.34. The molecule has 23 heavy (non-hydrogen) atoms. The lowest BCUT2D eigenvalue weighted by molar-refractivity contribution is 0.0949. The van der Waals surface area contributed by atoms with Crippen molar-refractivity contribution in [3.8, 4) is 5.75 Å². The van der Waals surface area contributed by atoms with Gasteiger partial charge in [0, 0.05) is 29.8 Å². The maximum atomic E-state index is 12.3. The number of hydrogen-bond acceptors (Lipinski definition) is 2. The largest absolute Gasteiger partial charge is 0.496 e. The molecule has 0 aliphatic carbocycles. The second-order valence-electron chi connectivity index (χ2n) is 5.17. The summed E-state index contributed by atoms with van der Waals surface area (Å²) in [5, 5.41) is 4.60. The number of amides is 1. The number of carbonyl (C=O) groups excluding carboxylic acids is 1. The molecule has 3 rings (SSSR count). The third-order valence-electron chi connectivity index (χ3n) is 3.72. The first kappa shape index (κ1) is 15.4. The smallest absolute Gasteiger partial charge is 0.255 e. The Balaban J connectivity index is 1.67. The number of aromatic nitrogens is 1. The maximum Gasteiger partial charge on any atom is 0.255 e. The Morgan fingerprint density at radius 3 is 2.87 bits per heavy atom. The summed E-state index contributed by atoms with van der Waals surface area (Å²) in [6.45, 7) is 1.22. The van der Waals surface area contributed by atoms with E-state index in [0.29, 0.717) is 29.4 Å². The Bertz CT molecular complexity index is 842. The first-order chi connectivity index (χ1) is 11.2. The number of ether oxygens (including phenoxy) is 1. The van der Waals surface area contributed by atoms with Gasteiger partial charge in [-0.05, 0) is 35.7 Å². The molecule has 0 radical (unpaired) electrons. The predicted octanol–water partition coefficient (Wildman–Crippen LogP) is 3.73. The minimum absolute atomic E-state index is 0.194. The number of halogens is 1. The highest BCUT2D eigenvalue weighted by molar-refractivity contribution is 6.31. The molecule has 3 aromatic rings. The summed E-state index contributed by atoms with van der Waals surface area (Å²) in [5.41, 5.74) is 1.60. The average molecular weight is 329 g/mol. The zero-order valence-corrected chi connectivity index (χ0v) is 13.5. The highest BCUT2D eigenvalue weighted by Gasteiger charge is 2.12. The molecule has 118 valence electrons. The van der Waals surface area contributed by atoms with Crippen molar-refractivity contribution in [2.75, 3.05) is 13.7 Å². The van der Waals surface area contributed by atoms with E-state index in [0.717, 1.165) is 5.52 Å². The summed E-state index contributed by atoms with van der Waals surface area (Å²) in [6, 6.07) is 15.2. The van der Waals surface area contributed by atoms with E-state index in [4.69, 9.17) is 16.3 Å². The molecule has 1 N–H and O–H groups in total. The minimum atomic E-state index is -0.194. The van der Waals surface area contributed by atoms with Crippen LogP contribution in [0.15, 0.2) is 54.7 Å². The summed E-state index contributed by atoms with van der Waals surface area (Å²) in [4.78, 5) is 12.3. The van der Waals surface area contributed by atoms with Crippen LogP contribution in [0.5, 0.6) is 5.75 Å². The van der Waals surface area contributed by atoms with Crippen LogP contribution in [0.2, 0.25) is 5.02 Å². The lowest BCUT2D eigenvalue weighted by atomic mass is 10.2. The van der Waals surface area contributed by atoms with Gasteiger partial charge < -0.3 is 14.6 Å². The summed E-state index contributed by atoms with van der Waals surface area (Å²) < 4.78 is 7.32. The van der Waals surface area contributed by atoms with Gasteiger partial charge in [0.25, 0.3) is 5.91 Å². The number of fused-ring (bicyclic) bond motifs is 1. The van der Waals surface area contributed by atoms with E-state index in [1.54, 1.807) is 18.2 Å². The second kappa shape index (κ2) is 6.75. The van der Waals surface area contributed by atoms with Gasteiger partial charge in [-0.25, -0.2) is 0 Å². The van der Waals surface area contributed by atoms with Gasteiger partial charge in [0.05, 0.1) is 12.7 Å². The van der Waals surface area contributed by atoms with Crippen molar-refractivity contribution in [2.45, 2.75) is 6.54 Å². The van der Waals surface area contributed by atoms with Gasteiger partial charge in [0.1, 0.15) is 5.75 Å². The molecule has 0 aliphatic rings. The Kier molecular flexibility index (Phi) is 4.53. The molecule has 0 atom stereocenters. The number of nitrogens with zero attached hydrogens (tertiary/aromatic N) is 1. The summed E-state index contributed by atoms with van der Waals surface area (Å²) in [6.07, 6.45) is 2.02. The van der Waals surface area contributed by atoms with Crippen molar-refractivity contribution in [1.82, 2.24) is 9.88 Å². The van der Waals surface area contributed by atoms with Crippen LogP contribution in [0.3, 0.4) is 0 Å². The fourth-order valence-corrected chi connectivity index (χ4v) is 2.75. The van der Waals surface area contributed by atoms with Crippen LogP contribution in [0.4, 0.5) is 0 Å². The molecule has 0 unspecified atom stereocenters. The number of nitrogens with one attached hydrogen (secondary N) is 1. The van der Waals surface area contributed by atoms with E-state index in [9.17, 15) is 4.79 Å². The van der Waals surface area contributed by atoms with Crippen molar-refractivity contribution >= 4 is 28.4 Å². The Labute approximate surface area is 139 Å². The Morgan fingerprint density at radius 2 is 2.04 bits per heavy atom. The Morgan fingerprint density at radius 1 is 1.22 bits per heavy atom. The van der Waals surface area contributed by atoms with Gasteiger partial charge in [0.2, 0.25) is 0 Å². The topological polar surface area (TPSA) is 43.3 Å². The van der Waals surface area contributed by atoms with Crippen LogP contribution in [0.25, 0.3) is 10.9 Å². The van der Waals surface area contributed by atoms with Crippen molar-refractivity contribution in [3.63, 3.8) is 0 Å². The van der Waals surface area contributed by atoms with Crippen LogP contribution < -0.4 is 10.1 Å². The maximum absolute atomic E-state index is 12.3. The molecule has 1 amide bonds. The van der Waals surface area contributed by atoms with Gasteiger partial charge >= 0.3 is 0 Å². The molecular weight excluding hydrogens is 312 g/mol. The third kappa shape index (κ3) is 3.32. The summed E-state index contributed by atoms with van der Waals surface area (Å²) >= 11 is 5.96. The number of methoxy groups -OCH3 is 1. The second-order valence-corrected chi connectivity index (χ2v) is 5.60. The van der Waals surface area contributed by atoms with E-state index in [1.807, 2.05) is 18.3 Å². The zero-order valence-electron chi connectivity index (χ0n) is 12.8. The molecule has 0 bridgehead atoms. The van der Waals surface area contributed by atoms with Crippen molar-refractivity contribution in [1.29, 1.82) is 0 Å². The van der Waals surface area contributed by atoms with Gasteiger partial charge in [-0.1, -0.05) is 29.8 Å². The molecule has 0 spiro atoms. The van der Waals surface area contributed by atoms with Crippen LogP contribution in [-0.2, 0) is 6.54 Å². The average Bonchev–Trinajstić information content (AvgIpc) is 2.98. The van der Waals surface area contributed by atoms with E-state index >= 15 is 0 Å². The monoisotopic (exact) mass is 328 g/mol. The zero-order chi connectivity index (χ0) is 16.2. The minimum Gasteiger partial charge on any atom is -0.496 e. The van der Waals surface area contributed by atoms with Crippen LogP contribution >= 0.6 is 11.6 Å². The molecular formula is C18H17ClN2O2. The molecule has 2 aromatic carbocycles. The van der Waals surface area contributed by atoms with Crippen molar-refractivity contribution in [2.24, 2.45) is 0 Å². The van der Waals surface area contributed by atoms with Gasteiger partial charge in [-0.15, -0.1) is 0 Å². The lowest BCUT2D eigenvalue weighted by Crippen LogP contribution is -2.27. The molecule has 0 aliphatic heterocycles. The number of carbonyl (C=O) groups is 1. The molecule has 0 saturated heterocycles. The molecule has 0 saturated carbocycles. The van der Waals surface area contributed by atoms with Crippen LogP contribution in [0.1, 0.15) is 10.4 Å². The molecule has 0 fully saturated rings. The molecule has 1 heterocycles. The standard InChI is InChI=1S/C18H17ClN2O2/c1-23-17-7-6-14(19)12-15(17)18(22)20-9-11-21-10-8-13-4-2-3-5-16(13)21/h2-8,10,12H,9,11H2,1H3,(H,20,22). The number of hydrogen-bond donors (Lipinski definition) is 1. The van der Waals surface area contributed by atoms with E-state index < -0.39 is 0 Å². The lowest BCUT2D eigenvalue weighted by Gasteiger charge is -2.10. The Hall–Kier alpha value is -2.46. The number of rotatable bonds is 5. The van der Waals surface area contributed by atoms with Crippen LogP contribution in [-0.4, -0.2) is 24.1 Å². The molecule has 1 aromatic heterocycles. The van der Waals surface area contributed by atoms with Gasteiger partial charge in [0.15, 0.2) is 0 Å². The van der Waals surface area contributed by atoms with E-state index in [-0.39, 0.29) is 5.91 Å². The number of para-hydroxylation sites is 1. The summed E-state index contributed by atoms with van der Waals surface area (Å²) in [5.74, 6) is 0.319. The molecule has 4 nitrogen and oxygen atoms in total. The SMILES string of the molecule is COc1ccc(Cl)cc1C(=O)NCCn1ccc2ccccc21. The highest BCUT2D eigenvalue weighted by atomic mass is 35.5. The van der Waals surface area contributed by atoms with Crippen molar-refractivity contribution in [3.05, 3.63) is 65.3 Å². The van der Waals surface area contributed by atoms with Crippen LogP contribution in [0, 0.1) is 0 Å². The number of benzene rings is 2. The fourth-order valence-electron chi connectivity index (χ4n) is 2.58. The third-order valence-corrected chi connectivity index (χ3v) is 3.96. The fraction of sp³-hybridized carbons (Fsp3) is 0.167. The van der Waals surface area contributed by atoms with E-state index in [2.05, 4.69) is 28.1 Å². The highest BCUT2D eigenvalue weighted by Crippen LogP contribution is 2.22. The molecule has 5 heteroatoms.